The standard InChI is InChI=1S/C11H10F2N2O5/c1-5(11(17)18)14(2)10(16)6-3-7(12)8(13)4-9(6)15(19)20/h3-5H,1-2H3,(H,17,18). The van der Waals surface area contributed by atoms with Crippen molar-refractivity contribution >= 4 is 17.6 Å². The Morgan fingerprint density at radius 1 is 1.35 bits per heavy atom. The van der Waals surface area contributed by atoms with E-state index in [1.165, 1.54) is 6.92 Å². The lowest BCUT2D eigenvalue weighted by Gasteiger charge is -2.21. The second kappa shape index (κ2) is 5.59. The highest BCUT2D eigenvalue weighted by molar-refractivity contribution is 5.99. The maximum Gasteiger partial charge on any atom is 0.326 e. The van der Waals surface area contributed by atoms with E-state index in [0.717, 1.165) is 7.05 Å². The molecule has 1 unspecified atom stereocenters. The maximum atomic E-state index is 13.1. The summed E-state index contributed by atoms with van der Waals surface area (Å²) >= 11 is 0. The third kappa shape index (κ3) is 2.87. The summed E-state index contributed by atoms with van der Waals surface area (Å²) in [5, 5.41) is 19.5. The first kappa shape index (κ1) is 15.5. The molecule has 1 aromatic rings. The molecule has 0 spiro atoms. The molecule has 9 heteroatoms. The molecule has 1 rings (SSSR count). The number of carbonyl (C=O) groups is 2. The number of carboxylic acid groups (broad SMARTS) is 1. The Kier molecular flexibility index (Phi) is 4.33. The molecule has 1 aromatic carbocycles. The molecular weight excluding hydrogens is 278 g/mol. The highest BCUT2D eigenvalue weighted by Gasteiger charge is 2.29. The Balaban J connectivity index is 3.31. The van der Waals surface area contributed by atoms with Crippen LogP contribution in [0.4, 0.5) is 14.5 Å². The van der Waals surface area contributed by atoms with Crippen LogP contribution in [0.1, 0.15) is 17.3 Å². The van der Waals surface area contributed by atoms with E-state index in [1.807, 2.05) is 0 Å². The van der Waals surface area contributed by atoms with E-state index in [2.05, 4.69) is 0 Å². The minimum absolute atomic E-state index is 0.280. The molecule has 0 aliphatic carbocycles. The van der Waals surface area contributed by atoms with Gasteiger partial charge in [-0.1, -0.05) is 0 Å². The summed E-state index contributed by atoms with van der Waals surface area (Å²) in [6.07, 6.45) is 0. The number of carboxylic acids is 1. The van der Waals surface area contributed by atoms with Gasteiger partial charge in [-0.25, -0.2) is 13.6 Å². The van der Waals surface area contributed by atoms with Gasteiger partial charge in [0, 0.05) is 7.05 Å². The van der Waals surface area contributed by atoms with E-state index in [4.69, 9.17) is 5.11 Å². The predicted octanol–water partition coefficient (Wildman–Crippen LogP) is 1.42. The largest absolute Gasteiger partial charge is 0.480 e. The molecule has 7 nitrogen and oxygen atoms in total. The molecule has 1 N–H and O–H groups in total. The number of halogens is 2. The lowest BCUT2D eigenvalue weighted by atomic mass is 10.1. The van der Waals surface area contributed by atoms with E-state index in [-0.39, 0.29) is 6.07 Å². The number of likely N-dealkylation sites (N-methyl/N-ethyl adjacent to an activating group) is 1. The molecule has 20 heavy (non-hydrogen) atoms. The van der Waals surface area contributed by atoms with Gasteiger partial charge in [-0.2, -0.15) is 0 Å². The molecule has 0 saturated carbocycles. The summed E-state index contributed by atoms with van der Waals surface area (Å²) in [6.45, 7) is 1.17. The summed E-state index contributed by atoms with van der Waals surface area (Å²) in [7, 11) is 1.09. The topological polar surface area (TPSA) is 101 Å². The molecule has 0 fully saturated rings. The van der Waals surface area contributed by atoms with Gasteiger partial charge >= 0.3 is 5.97 Å². The monoisotopic (exact) mass is 288 g/mol. The number of rotatable bonds is 4. The van der Waals surface area contributed by atoms with Crippen LogP contribution in [-0.4, -0.2) is 39.9 Å². The summed E-state index contributed by atoms with van der Waals surface area (Å²) in [5.41, 5.74) is -1.65. The zero-order chi connectivity index (χ0) is 15.6. The minimum Gasteiger partial charge on any atom is -0.480 e. The van der Waals surface area contributed by atoms with Crippen LogP contribution in [0.5, 0.6) is 0 Å². The highest BCUT2D eigenvalue weighted by Crippen LogP contribution is 2.24. The molecule has 0 saturated heterocycles. The van der Waals surface area contributed by atoms with Crippen molar-refractivity contribution in [1.29, 1.82) is 0 Å². The first-order valence-electron chi connectivity index (χ1n) is 5.30. The SMILES string of the molecule is CC(C(=O)O)N(C)C(=O)c1cc(F)c(F)cc1[N+](=O)[O-]. The van der Waals surface area contributed by atoms with Gasteiger partial charge in [0.1, 0.15) is 11.6 Å². The number of nitro benzene ring substituents is 1. The van der Waals surface area contributed by atoms with E-state index in [0.29, 0.717) is 11.0 Å². The van der Waals surface area contributed by atoms with Crippen molar-refractivity contribution in [3.8, 4) is 0 Å². The molecular formula is C11H10F2N2O5. The Hall–Kier alpha value is -2.58. The maximum absolute atomic E-state index is 13.1. The third-order valence-electron chi connectivity index (χ3n) is 2.72. The lowest BCUT2D eigenvalue weighted by molar-refractivity contribution is -0.385. The Morgan fingerprint density at radius 3 is 2.30 bits per heavy atom. The second-order valence-electron chi connectivity index (χ2n) is 3.97. The Labute approximate surface area is 111 Å². The quantitative estimate of drug-likeness (QED) is 0.667. The molecule has 0 aliphatic rings. The number of amides is 1. The molecule has 0 bridgehead atoms. The number of nitro groups is 1. The van der Waals surface area contributed by atoms with Crippen LogP contribution in [0.2, 0.25) is 0 Å². The average molecular weight is 288 g/mol. The fraction of sp³-hybridized carbons (Fsp3) is 0.273. The first-order chi connectivity index (χ1) is 9.16. The number of benzene rings is 1. The van der Waals surface area contributed by atoms with Crippen LogP contribution in [0, 0.1) is 21.7 Å². The predicted molar refractivity (Wildman–Crippen MR) is 62.2 cm³/mol. The molecule has 0 heterocycles. The van der Waals surface area contributed by atoms with Crippen LogP contribution >= 0.6 is 0 Å². The van der Waals surface area contributed by atoms with Gasteiger partial charge in [-0.15, -0.1) is 0 Å². The van der Waals surface area contributed by atoms with Crippen molar-refractivity contribution in [3.05, 3.63) is 39.4 Å². The summed E-state index contributed by atoms with van der Waals surface area (Å²) < 4.78 is 26.1. The van der Waals surface area contributed by atoms with Crippen molar-refractivity contribution in [2.75, 3.05) is 7.05 Å². The molecule has 1 atom stereocenters. The summed E-state index contributed by atoms with van der Waals surface area (Å²) in [5.74, 6) is -5.34. The van der Waals surface area contributed by atoms with E-state index in [1.54, 1.807) is 0 Å². The van der Waals surface area contributed by atoms with Crippen molar-refractivity contribution in [2.45, 2.75) is 13.0 Å². The van der Waals surface area contributed by atoms with Crippen molar-refractivity contribution in [1.82, 2.24) is 4.90 Å². The fourth-order valence-electron chi connectivity index (χ4n) is 1.39. The van der Waals surface area contributed by atoms with Crippen molar-refractivity contribution in [2.24, 2.45) is 0 Å². The second-order valence-corrected chi connectivity index (χ2v) is 3.97. The van der Waals surface area contributed by atoms with Crippen LogP contribution in [0.25, 0.3) is 0 Å². The van der Waals surface area contributed by atoms with Gasteiger partial charge in [-0.05, 0) is 13.0 Å². The number of nitrogens with zero attached hydrogens (tertiary/aromatic N) is 2. The van der Waals surface area contributed by atoms with Gasteiger partial charge in [0.15, 0.2) is 11.6 Å². The third-order valence-corrected chi connectivity index (χ3v) is 2.72. The summed E-state index contributed by atoms with van der Waals surface area (Å²) in [6, 6.07) is -0.627. The van der Waals surface area contributed by atoms with E-state index in [9.17, 15) is 28.5 Å². The van der Waals surface area contributed by atoms with Gasteiger partial charge < -0.3 is 10.0 Å². The van der Waals surface area contributed by atoms with Crippen LogP contribution < -0.4 is 0 Å². The van der Waals surface area contributed by atoms with Crippen molar-refractivity contribution < 1.29 is 28.4 Å². The van der Waals surface area contributed by atoms with Gasteiger partial charge in [0.2, 0.25) is 0 Å². The smallest absolute Gasteiger partial charge is 0.326 e. The first-order valence-corrected chi connectivity index (χ1v) is 5.30. The van der Waals surface area contributed by atoms with E-state index < -0.39 is 45.7 Å². The van der Waals surface area contributed by atoms with Crippen LogP contribution in [-0.2, 0) is 4.79 Å². The molecule has 1 amide bonds. The average Bonchev–Trinajstić information content (AvgIpc) is 2.38. The van der Waals surface area contributed by atoms with Gasteiger partial charge in [-0.3, -0.25) is 14.9 Å². The number of carbonyl (C=O) groups excluding carboxylic acids is 1. The van der Waals surface area contributed by atoms with Crippen LogP contribution in [0.3, 0.4) is 0 Å². The van der Waals surface area contributed by atoms with Crippen molar-refractivity contribution in [3.63, 3.8) is 0 Å². The lowest BCUT2D eigenvalue weighted by Crippen LogP contribution is -2.40. The zero-order valence-electron chi connectivity index (χ0n) is 10.5. The van der Waals surface area contributed by atoms with Gasteiger partial charge in [0.25, 0.3) is 11.6 Å². The molecule has 0 aliphatic heterocycles. The van der Waals surface area contributed by atoms with E-state index >= 15 is 0 Å². The fourth-order valence-corrected chi connectivity index (χ4v) is 1.39. The Bertz CT molecular complexity index is 590. The Morgan fingerprint density at radius 2 is 1.85 bits per heavy atom. The number of hydrogen-bond acceptors (Lipinski definition) is 4. The normalized spacial score (nSPS) is 11.8. The summed E-state index contributed by atoms with van der Waals surface area (Å²) in [4.78, 5) is 33.1. The minimum atomic E-state index is -1.47. The number of aliphatic carboxylic acids is 1. The van der Waals surface area contributed by atoms with Gasteiger partial charge in [0.05, 0.1) is 11.0 Å². The van der Waals surface area contributed by atoms with Crippen LogP contribution in [0.15, 0.2) is 12.1 Å². The highest BCUT2D eigenvalue weighted by atomic mass is 19.2. The number of hydrogen-bond donors (Lipinski definition) is 1. The zero-order valence-corrected chi connectivity index (χ0v) is 10.5. The molecule has 0 radical (unpaired) electrons. The molecule has 0 aromatic heterocycles. The molecule has 108 valence electrons.